The van der Waals surface area contributed by atoms with Gasteiger partial charge in [-0.1, -0.05) is 13.8 Å². The highest BCUT2D eigenvalue weighted by molar-refractivity contribution is 5.78. The van der Waals surface area contributed by atoms with E-state index in [2.05, 4.69) is 5.32 Å². The molecule has 1 aromatic rings. The van der Waals surface area contributed by atoms with Crippen LogP contribution in [0.25, 0.3) is 0 Å². The van der Waals surface area contributed by atoms with Crippen molar-refractivity contribution < 1.29 is 19.1 Å². The van der Waals surface area contributed by atoms with Crippen LogP contribution in [0.3, 0.4) is 0 Å². The van der Waals surface area contributed by atoms with Crippen LogP contribution in [0, 0.1) is 5.92 Å². The number of hydrogen-bond acceptors (Lipinski definition) is 4. The monoisotopic (exact) mass is 293 g/mol. The van der Waals surface area contributed by atoms with Crippen molar-refractivity contribution in [3.8, 4) is 11.5 Å². The molecule has 0 aromatic heterocycles. The molecule has 5 nitrogen and oxygen atoms in total. The molecule has 1 aromatic carbocycles. The third-order valence-electron chi connectivity index (χ3n) is 3.15. The first-order valence-electron chi connectivity index (χ1n) is 7.12. The Bertz CT molecular complexity index is 485. The van der Waals surface area contributed by atoms with Crippen molar-refractivity contribution >= 4 is 12.2 Å². The van der Waals surface area contributed by atoms with Crippen molar-refractivity contribution in [2.45, 2.75) is 33.7 Å². The van der Waals surface area contributed by atoms with Gasteiger partial charge in [-0.05, 0) is 38.0 Å². The summed E-state index contributed by atoms with van der Waals surface area (Å²) in [7, 11) is 0. The second-order valence-electron chi connectivity index (χ2n) is 5.15. The van der Waals surface area contributed by atoms with Crippen LogP contribution in [-0.2, 0) is 4.79 Å². The van der Waals surface area contributed by atoms with Gasteiger partial charge in [0.15, 0.2) is 18.1 Å². The van der Waals surface area contributed by atoms with Crippen molar-refractivity contribution in [2.24, 2.45) is 5.92 Å². The minimum Gasteiger partial charge on any atom is -0.490 e. The third-order valence-corrected chi connectivity index (χ3v) is 3.15. The van der Waals surface area contributed by atoms with Gasteiger partial charge in [-0.25, -0.2) is 0 Å². The van der Waals surface area contributed by atoms with Gasteiger partial charge < -0.3 is 14.8 Å². The summed E-state index contributed by atoms with van der Waals surface area (Å²) in [5.74, 6) is 1.10. The largest absolute Gasteiger partial charge is 0.490 e. The lowest BCUT2D eigenvalue weighted by Crippen LogP contribution is -2.38. The molecular weight excluding hydrogens is 270 g/mol. The molecule has 0 bridgehead atoms. The molecule has 1 amide bonds. The molecule has 1 N–H and O–H groups in total. The molecule has 0 aliphatic carbocycles. The fourth-order valence-electron chi connectivity index (χ4n) is 1.59. The smallest absolute Gasteiger partial charge is 0.258 e. The lowest BCUT2D eigenvalue weighted by atomic mass is 10.1. The number of carbonyl (C=O) groups is 2. The Morgan fingerprint density at radius 2 is 1.95 bits per heavy atom. The van der Waals surface area contributed by atoms with Crippen LogP contribution in [0.15, 0.2) is 18.2 Å². The molecule has 0 saturated heterocycles. The average molecular weight is 293 g/mol. The first kappa shape index (κ1) is 17.0. The summed E-state index contributed by atoms with van der Waals surface area (Å²) in [6.07, 6.45) is 0.739. The predicted octanol–water partition coefficient (Wildman–Crippen LogP) is 2.44. The second kappa shape index (κ2) is 8.29. The lowest BCUT2D eigenvalue weighted by molar-refractivity contribution is -0.124. The van der Waals surface area contributed by atoms with E-state index in [4.69, 9.17) is 9.47 Å². The summed E-state index contributed by atoms with van der Waals surface area (Å²) in [5, 5.41) is 2.86. The maximum absolute atomic E-state index is 11.8. The van der Waals surface area contributed by atoms with E-state index in [1.54, 1.807) is 18.2 Å². The molecule has 1 rings (SSSR count). The van der Waals surface area contributed by atoms with Gasteiger partial charge >= 0.3 is 0 Å². The molecule has 0 fully saturated rings. The molecular formula is C16H23NO4. The SMILES string of the molecule is CCOc1cc(C=O)ccc1OCC(=O)N[C@@H](C)C(C)C. The summed E-state index contributed by atoms with van der Waals surface area (Å²) in [4.78, 5) is 22.6. The number of ether oxygens (including phenoxy) is 2. The number of nitrogens with one attached hydrogen (secondary N) is 1. The third kappa shape index (κ3) is 5.45. The second-order valence-corrected chi connectivity index (χ2v) is 5.15. The summed E-state index contributed by atoms with van der Waals surface area (Å²) in [6, 6.07) is 4.94. The van der Waals surface area contributed by atoms with Gasteiger partial charge in [0.25, 0.3) is 5.91 Å². The fraction of sp³-hybridized carbons (Fsp3) is 0.500. The van der Waals surface area contributed by atoms with Gasteiger partial charge in [0.05, 0.1) is 6.61 Å². The van der Waals surface area contributed by atoms with Crippen LogP contribution < -0.4 is 14.8 Å². The summed E-state index contributed by atoms with van der Waals surface area (Å²) in [6.45, 7) is 8.24. The summed E-state index contributed by atoms with van der Waals surface area (Å²) in [5.41, 5.74) is 0.503. The molecule has 5 heteroatoms. The molecule has 0 saturated carbocycles. The molecule has 21 heavy (non-hydrogen) atoms. The van der Waals surface area contributed by atoms with Crippen molar-refractivity contribution in [2.75, 3.05) is 13.2 Å². The van der Waals surface area contributed by atoms with Gasteiger partial charge in [-0.3, -0.25) is 9.59 Å². The number of rotatable bonds is 8. The molecule has 0 aliphatic rings. The van der Waals surface area contributed by atoms with Crippen LogP contribution in [0.4, 0.5) is 0 Å². The fourth-order valence-corrected chi connectivity index (χ4v) is 1.59. The molecule has 0 aliphatic heterocycles. The first-order valence-corrected chi connectivity index (χ1v) is 7.12. The van der Waals surface area contributed by atoms with Crippen LogP contribution in [0.2, 0.25) is 0 Å². The van der Waals surface area contributed by atoms with E-state index < -0.39 is 0 Å². The standard InChI is InChI=1S/C16H23NO4/c1-5-20-15-8-13(9-18)6-7-14(15)21-10-16(19)17-12(4)11(2)3/h6-9,11-12H,5,10H2,1-4H3,(H,17,19)/t12-/m0/s1. The van der Waals surface area contributed by atoms with Crippen molar-refractivity contribution in [3.63, 3.8) is 0 Å². The number of amides is 1. The zero-order chi connectivity index (χ0) is 15.8. The van der Waals surface area contributed by atoms with E-state index in [0.29, 0.717) is 29.6 Å². The Balaban J connectivity index is 2.65. The zero-order valence-electron chi connectivity index (χ0n) is 13.0. The van der Waals surface area contributed by atoms with Crippen LogP contribution in [0.5, 0.6) is 11.5 Å². The predicted molar refractivity (Wildman–Crippen MR) is 80.9 cm³/mol. The van der Waals surface area contributed by atoms with E-state index in [1.807, 2.05) is 27.7 Å². The molecule has 0 heterocycles. The summed E-state index contributed by atoms with van der Waals surface area (Å²) >= 11 is 0. The van der Waals surface area contributed by atoms with Gasteiger partial charge in [0.1, 0.15) is 6.29 Å². The van der Waals surface area contributed by atoms with E-state index >= 15 is 0 Å². The highest BCUT2D eigenvalue weighted by Crippen LogP contribution is 2.27. The number of aldehydes is 1. The Hall–Kier alpha value is -2.04. The van der Waals surface area contributed by atoms with Gasteiger partial charge in [0, 0.05) is 11.6 Å². The Labute approximate surface area is 125 Å². The Morgan fingerprint density at radius 3 is 2.52 bits per heavy atom. The number of hydrogen-bond donors (Lipinski definition) is 1. The molecule has 116 valence electrons. The normalized spacial score (nSPS) is 11.9. The van der Waals surface area contributed by atoms with Crippen LogP contribution in [-0.4, -0.2) is 31.4 Å². The first-order chi connectivity index (χ1) is 9.97. The van der Waals surface area contributed by atoms with Gasteiger partial charge in [0.2, 0.25) is 0 Å². The molecule has 1 atom stereocenters. The highest BCUT2D eigenvalue weighted by atomic mass is 16.5. The zero-order valence-corrected chi connectivity index (χ0v) is 13.0. The van der Waals surface area contributed by atoms with Crippen molar-refractivity contribution in [1.29, 1.82) is 0 Å². The van der Waals surface area contributed by atoms with Gasteiger partial charge in [-0.2, -0.15) is 0 Å². The van der Waals surface area contributed by atoms with Crippen LogP contribution in [0.1, 0.15) is 38.1 Å². The maximum atomic E-state index is 11.8. The average Bonchev–Trinajstić information content (AvgIpc) is 2.46. The van der Waals surface area contributed by atoms with Crippen molar-refractivity contribution in [3.05, 3.63) is 23.8 Å². The Kier molecular flexibility index (Phi) is 6.72. The van der Waals surface area contributed by atoms with E-state index in [1.165, 1.54) is 0 Å². The van der Waals surface area contributed by atoms with Crippen LogP contribution >= 0.6 is 0 Å². The van der Waals surface area contributed by atoms with Crippen molar-refractivity contribution in [1.82, 2.24) is 5.32 Å². The molecule has 0 spiro atoms. The molecule has 0 unspecified atom stereocenters. The molecule has 0 radical (unpaired) electrons. The van der Waals surface area contributed by atoms with E-state index in [-0.39, 0.29) is 18.6 Å². The lowest BCUT2D eigenvalue weighted by Gasteiger charge is -2.18. The number of benzene rings is 1. The minimum absolute atomic E-state index is 0.0857. The van der Waals surface area contributed by atoms with E-state index in [0.717, 1.165) is 6.29 Å². The van der Waals surface area contributed by atoms with E-state index in [9.17, 15) is 9.59 Å². The number of carbonyl (C=O) groups excluding carboxylic acids is 2. The highest BCUT2D eigenvalue weighted by Gasteiger charge is 2.13. The topological polar surface area (TPSA) is 64.6 Å². The van der Waals surface area contributed by atoms with Gasteiger partial charge in [-0.15, -0.1) is 0 Å². The maximum Gasteiger partial charge on any atom is 0.258 e. The Morgan fingerprint density at radius 1 is 1.24 bits per heavy atom. The summed E-state index contributed by atoms with van der Waals surface area (Å²) < 4.78 is 10.9. The quantitative estimate of drug-likeness (QED) is 0.748. The minimum atomic E-state index is -0.182.